The zero-order chi connectivity index (χ0) is 13.7. The number of para-hydroxylation sites is 1. The summed E-state index contributed by atoms with van der Waals surface area (Å²) in [7, 11) is 0. The van der Waals surface area contributed by atoms with Crippen LogP contribution in [0.2, 0.25) is 0 Å². The van der Waals surface area contributed by atoms with Gasteiger partial charge in [0.25, 0.3) is 5.91 Å². The maximum Gasteiger partial charge on any atom is 0.335 e. The summed E-state index contributed by atoms with van der Waals surface area (Å²) in [5.41, 5.74) is 0.0562. The molecular weight excluding hydrogens is 253 g/mol. The smallest absolute Gasteiger partial charge is 0.335 e. The van der Waals surface area contributed by atoms with Gasteiger partial charge in [-0.3, -0.25) is 4.79 Å². The molecule has 102 valence electrons. The Morgan fingerprint density at radius 3 is 2.89 bits per heavy atom. The molecule has 0 aliphatic carbocycles. The number of anilines is 1. The van der Waals surface area contributed by atoms with Gasteiger partial charge in [-0.2, -0.15) is 0 Å². The van der Waals surface area contributed by atoms with Crippen molar-refractivity contribution in [2.45, 2.75) is 18.9 Å². The SMILES string of the molecule is O=C(COC(=O)[C@H]1CCCO1)Nc1ccccc1F. The van der Waals surface area contributed by atoms with Gasteiger partial charge in [0, 0.05) is 6.61 Å². The number of benzene rings is 1. The number of hydrogen-bond acceptors (Lipinski definition) is 4. The van der Waals surface area contributed by atoms with E-state index in [-0.39, 0.29) is 5.69 Å². The summed E-state index contributed by atoms with van der Waals surface area (Å²) in [4.78, 5) is 23.0. The van der Waals surface area contributed by atoms with E-state index in [1.165, 1.54) is 18.2 Å². The average molecular weight is 267 g/mol. The largest absolute Gasteiger partial charge is 0.454 e. The summed E-state index contributed by atoms with van der Waals surface area (Å²) in [5, 5.41) is 2.32. The van der Waals surface area contributed by atoms with Gasteiger partial charge in [-0.15, -0.1) is 0 Å². The lowest BCUT2D eigenvalue weighted by atomic mass is 10.2. The van der Waals surface area contributed by atoms with E-state index in [4.69, 9.17) is 9.47 Å². The highest BCUT2D eigenvalue weighted by Crippen LogP contribution is 2.14. The molecule has 1 N–H and O–H groups in total. The predicted molar refractivity (Wildman–Crippen MR) is 65.0 cm³/mol. The standard InChI is InChI=1S/C13H14FNO4/c14-9-4-1-2-5-10(9)15-12(16)8-19-13(17)11-6-3-7-18-11/h1-2,4-5,11H,3,6-8H2,(H,15,16)/t11-/m1/s1. The molecule has 0 aromatic heterocycles. The molecule has 19 heavy (non-hydrogen) atoms. The van der Waals surface area contributed by atoms with Crippen LogP contribution in [-0.4, -0.2) is 31.2 Å². The monoisotopic (exact) mass is 267 g/mol. The molecule has 1 aromatic rings. The molecule has 0 saturated carbocycles. The molecule has 1 aliphatic heterocycles. The normalized spacial score (nSPS) is 18.1. The summed E-state index contributed by atoms with van der Waals surface area (Å²) < 4.78 is 23.2. The van der Waals surface area contributed by atoms with Crippen LogP contribution in [0, 0.1) is 5.82 Å². The Morgan fingerprint density at radius 2 is 2.21 bits per heavy atom. The average Bonchev–Trinajstić information content (AvgIpc) is 2.93. The fraction of sp³-hybridized carbons (Fsp3) is 0.385. The van der Waals surface area contributed by atoms with Crippen LogP contribution in [0.5, 0.6) is 0 Å². The highest BCUT2D eigenvalue weighted by atomic mass is 19.1. The third-order valence-electron chi connectivity index (χ3n) is 2.69. The van der Waals surface area contributed by atoms with E-state index in [2.05, 4.69) is 5.32 Å². The zero-order valence-electron chi connectivity index (χ0n) is 10.2. The number of rotatable bonds is 4. The van der Waals surface area contributed by atoms with Crippen molar-refractivity contribution in [3.05, 3.63) is 30.1 Å². The van der Waals surface area contributed by atoms with Crippen LogP contribution >= 0.6 is 0 Å². The van der Waals surface area contributed by atoms with E-state index in [9.17, 15) is 14.0 Å². The maximum absolute atomic E-state index is 13.3. The van der Waals surface area contributed by atoms with Gasteiger partial charge in [0.2, 0.25) is 0 Å². The predicted octanol–water partition coefficient (Wildman–Crippen LogP) is 1.49. The van der Waals surface area contributed by atoms with Crippen LogP contribution in [0.4, 0.5) is 10.1 Å². The van der Waals surface area contributed by atoms with Crippen LogP contribution in [-0.2, 0) is 19.1 Å². The summed E-state index contributed by atoms with van der Waals surface area (Å²) in [6, 6.07) is 5.77. The second kappa shape index (κ2) is 6.29. The van der Waals surface area contributed by atoms with Crippen molar-refractivity contribution in [3.8, 4) is 0 Å². The van der Waals surface area contributed by atoms with Gasteiger partial charge in [-0.25, -0.2) is 9.18 Å². The second-order valence-corrected chi connectivity index (χ2v) is 4.14. The molecule has 0 spiro atoms. The summed E-state index contributed by atoms with van der Waals surface area (Å²) in [6.07, 6.45) is 0.829. The third-order valence-corrected chi connectivity index (χ3v) is 2.69. The first-order chi connectivity index (χ1) is 9.16. The fourth-order valence-corrected chi connectivity index (χ4v) is 1.74. The number of nitrogens with one attached hydrogen (secondary N) is 1. The zero-order valence-corrected chi connectivity index (χ0v) is 10.2. The molecule has 1 fully saturated rings. The number of hydrogen-bond donors (Lipinski definition) is 1. The molecule has 2 rings (SSSR count). The molecular formula is C13H14FNO4. The topological polar surface area (TPSA) is 64.6 Å². The minimum Gasteiger partial charge on any atom is -0.454 e. The van der Waals surface area contributed by atoms with Gasteiger partial charge in [-0.05, 0) is 25.0 Å². The molecule has 1 atom stereocenters. The summed E-state index contributed by atoms with van der Waals surface area (Å²) >= 11 is 0. The first kappa shape index (κ1) is 13.5. The lowest BCUT2D eigenvalue weighted by Gasteiger charge is -2.10. The number of halogens is 1. The van der Waals surface area contributed by atoms with E-state index in [1.54, 1.807) is 6.07 Å². The van der Waals surface area contributed by atoms with E-state index in [0.29, 0.717) is 13.0 Å². The molecule has 0 unspecified atom stereocenters. The van der Waals surface area contributed by atoms with E-state index in [1.807, 2.05) is 0 Å². The third kappa shape index (κ3) is 3.75. The van der Waals surface area contributed by atoms with Gasteiger partial charge in [0.15, 0.2) is 12.7 Å². The summed E-state index contributed by atoms with van der Waals surface area (Å²) in [6.45, 7) is 0.0776. The van der Waals surface area contributed by atoms with Gasteiger partial charge < -0.3 is 14.8 Å². The van der Waals surface area contributed by atoms with Crippen LogP contribution < -0.4 is 5.32 Å². The highest BCUT2D eigenvalue weighted by molar-refractivity contribution is 5.93. The van der Waals surface area contributed by atoms with Crippen molar-refractivity contribution in [2.24, 2.45) is 0 Å². The molecule has 6 heteroatoms. The van der Waals surface area contributed by atoms with Gasteiger partial charge in [0.1, 0.15) is 5.82 Å². The Labute approximate surface area is 109 Å². The lowest BCUT2D eigenvalue weighted by Crippen LogP contribution is -2.27. The van der Waals surface area contributed by atoms with Gasteiger partial charge in [-0.1, -0.05) is 12.1 Å². The van der Waals surface area contributed by atoms with Crippen molar-refractivity contribution >= 4 is 17.6 Å². The van der Waals surface area contributed by atoms with Gasteiger partial charge >= 0.3 is 5.97 Å². The molecule has 0 bridgehead atoms. The van der Waals surface area contributed by atoms with E-state index < -0.39 is 30.4 Å². The molecule has 1 heterocycles. The van der Waals surface area contributed by atoms with Crippen molar-refractivity contribution in [1.82, 2.24) is 0 Å². The molecule has 1 saturated heterocycles. The maximum atomic E-state index is 13.3. The van der Waals surface area contributed by atoms with Crippen molar-refractivity contribution in [2.75, 3.05) is 18.5 Å². The summed E-state index contributed by atoms with van der Waals surface area (Å²) in [5.74, 6) is -1.68. The molecule has 0 radical (unpaired) electrons. The van der Waals surface area contributed by atoms with Crippen LogP contribution in [0.25, 0.3) is 0 Å². The molecule has 5 nitrogen and oxygen atoms in total. The second-order valence-electron chi connectivity index (χ2n) is 4.14. The van der Waals surface area contributed by atoms with E-state index >= 15 is 0 Å². The first-order valence-electron chi connectivity index (χ1n) is 5.99. The van der Waals surface area contributed by atoms with Crippen LogP contribution in [0.15, 0.2) is 24.3 Å². The van der Waals surface area contributed by atoms with Crippen molar-refractivity contribution in [3.63, 3.8) is 0 Å². The Balaban J connectivity index is 1.78. The molecule has 1 aliphatic rings. The van der Waals surface area contributed by atoms with E-state index in [0.717, 1.165) is 6.42 Å². The number of carbonyl (C=O) groups is 2. The highest BCUT2D eigenvalue weighted by Gasteiger charge is 2.25. The van der Waals surface area contributed by atoms with Crippen molar-refractivity contribution in [1.29, 1.82) is 0 Å². The minimum absolute atomic E-state index is 0.0562. The van der Waals surface area contributed by atoms with Gasteiger partial charge in [0.05, 0.1) is 5.69 Å². The Kier molecular flexibility index (Phi) is 4.46. The lowest BCUT2D eigenvalue weighted by molar-refractivity contribution is -0.156. The number of carbonyl (C=O) groups excluding carboxylic acids is 2. The minimum atomic E-state index is -0.587. The number of ether oxygens (including phenoxy) is 2. The quantitative estimate of drug-likeness (QED) is 0.839. The number of amides is 1. The number of esters is 1. The Bertz CT molecular complexity index is 471. The fourth-order valence-electron chi connectivity index (χ4n) is 1.74. The molecule has 1 amide bonds. The van der Waals surface area contributed by atoms with Crippen molar-refractivity contribution < 1.29 is 23.5 Å². The Morgan fingerprint density at radius 1 is 1.42 bits per heavy atom. The first-order valence-corrected chi connectivity index (χ1v) is 5.99. The van der Waals surface area contributed by atoms with Crippen LogP contribution in [0.1, 0.15) is 12.8 Å². The Hall–Kier alpha value is -1.95. The van der Waals surface area contributed by atoms with Crippen LogP contribution in [0.3, 0.4) is 0 Å². The molecule has 1 aromatic carbocycles.